The van der Waals surface area contributed by atoms with Gasteiger partial charge in [-0.3, -0.25) is 9.10 Å². The van der Waals surface area contributed by atoms with Gasteiger partial charge >= 0.3 is 0 Å². The van der Waals surface area contributed by atoms with Gasteiger partial charge in [-0.1, -0.05) is 46.9 Å². The highest BCUT2D eigenvalue weighted by atomic mass is 35.5. The molecule has 6 nitrogen and oxygen atoms in total. The van der Waals surface area contributed by atoms with E-state index < -0.39 is 28.3 Å². The molecule has 0 unspecified atom stereocenters. The molecule has 0 heterocycles. The Balaban J connectivity index is 2.18. The molecule has 0 bridgehead atoms. The van der Waals surface area contributed by atoms with E-state index in [0.29, 0.717) is 0 Å². The van der Waals surface area contributed by atoms with Crippen LogP contribution in [0.15, 0.2) is 41.5 Å². The molecule has 0 radical (unpaired) electrons. The van der Waals surface area contributed by atoms with Crippen LogP contribution in [-0.4, -0.2) is 33.3 Å². The second-order valence-electron chi connectivity index (χ2n) is 5.27. The van der Waals surface area contributed by atoms with Gasteiger partial charge in [0.25, 0.3) is 5.91 Å². The van der Waals surface area contributed by atoms with Crippen LogP contribution in [0.25, 0.3) is 0 Å². The van der Waals surface area contributed by atoms with Gasteiger partial charge in [-0.2, -0.15) is 5.10 Å². The van der Waals surface area contributed by atoms with Crippen LogP contribution in [0.1, 0.15) is 5.56 Å². The van der Waals surface area contributed by atoms with E-state index in [4.69, 9.17) is 34.8 Å². The maximum atomic E-state index is 13.6. The summed E-state index contributed by atoms with van der Waals surface area (Å²) >= 11 is 17.8. The van der Waals surface area contributed by atoms with Crippen molar-refractivity contribution in [2.24, 2.45) is 5.10 Å². The summed E-state index contributed by atoms with van der Waals surface area (Å²) in [6.45, 7) is -0.610. The van der Waals surface area contributed by atoms with Crippen molar-refractivity contribution in [1.82, 2.24) is 5.43 Å². The Hall–Kier alpha value is -1.87. The molecule has 1 N–H and O–H groups in total. The summed E-state index contributed by atoms with van der Waals surface area (Å²) in [5.41, 5.74) is 2.14. The van der Waals surface area contributed by atoms with Gasteiger partial charge in [-0.15, -0.1) is 0 Å². The fourth-order valence-corrected chi connectivity index (χ4v) is 3.56. The Morgan fingerprint density at radius 3 is 2.44 bits per heavy atom. The molecule has 2 rings (SSSR count). The van der Waals surface area contributed by atoms with Gasteiger partial charge in [0.05, 0.1) is 33.2 Å². The molecule has 0 spiro atoms. The summed E-state index contributed by atoms with van der Waals surface area (Å²) in [6.07, 6.45) is 1.94. The zero-order valence-electron chi connectivity index (χ0n) is 13.8. The number of carbonyl (C=O) groups is 1. The molecule has 0 aliphatic heterocycles. The van der Waals surface area contributed by atoms with Gasteiger partial charge in [-0.05, 0) is 24.3 Å². The molecule has 0 fully saturated rings. The second kappa shape index (κ2) is 8.88. The molecule has 11 heteroatoms. The van der Waals surface area contributed by atoms with Crippen LogP contribution in [0.5, 0.6) is 0 Å². The number of nitrogens with zero attached hydrogens (tertiary/aromatic N) is 2. The van der Waals surface area contributed by atoms with Crippen molar-refractivity contribution in [2.45, 2.75) is 0 Å². The number of amides is 1. The number of hydrogen-bond acceptors (Lipinski definition) is 4. The first-order valence-corrected chi connectivity index (χ1v) is 10.3. The monoisotopic (exact) mass is 451 g/mol. The number of halogens is 4. The molecule has 2 aromatic carbocycles. The fraction of sp³-hybridized carbons (Fsp3) is 0.125. The van der Waals surface area contributed by atoms with Crippen LogP contribution in [-0.2, 0) is 14.8 Å². The molecule has 0 aliphatic rings. The van der Waals surface area contributed by atoms with Gasteiger partial charge in [0.15, 0.2) is 0 Å². The number of sulfonamides is 1. The van der Waals surface area contributed by atoms with E-state index in [1.54, 1.807) is 0 Å². The lowest BCUT2D eigenvalue weighted by molar-refractivity contribution is -0.119. The van der Waals surface area contributed by atoms with Gasteiger partial charge in [0, 0.05) is 5.56 Å². The Kier molecular flexibility index (Phi) is 7.05. The summed E-state index contributed by atoms with van der Waals surface area (Å²) in [7, 11) is -3.85. The average Bonchev–Trinajstić information content (AvgIpc) is 2.57. The molecule has 1 amide bonds. The number of rotatable bonds is 6. The van der Waals surface area contributed by atoms with Crippen LogP contribution in [0.3, 0.4) is 0 Å². The van der Waals surface area contributed by atoms with E-state index in [1.165, 1.54) is 36.4 Å². The third kappa shape index (κ3) is 5.55. The molecule has 0 aromatic heterocycles. The summed E-state index contributed by atoms with van der Waals surface area (Å²) in [4.78, 5) is 12.1. The molecule has 0 saturated heterocycles. The van der Waals surface area contributed by atoms with Crippen LogP contribution in [0.4, 0.5) is 10.1 Å². The predicted molar refractivity (Wildman–Crippen MR) is 106 cm³/mol. The topological polar surface area (TPSA) is 78.8 Å². The zero-order valence-corrected chi connectivity index (χ0v) is 16.9. The molecular weight excluding hydrogens is 440 g/mol. The number of anilines is 1. The van der Waals surface area contributed by atoms with Crippen molar-refractivity contribution < 1.29 is 17.6 Å². The molecule has 0 aliphatic carbocycles. The average molecular weight is 453 g/mol. The second-order valence-corrected chi connectivity index (χ2v) is 8.37. The standard InChI is InChI=1S/C16H13Cl3FN3O3S/c1-27(25,26)23(14-7-3-5-12(18)16(14)19)9-15(24)22-21-8-10-11(17)4-2-6-13(10)20/h2-8H,9H2,1H3,(H,22,24)/b21-8-. The smallest absolute Gasteiger partial charge is 0.260 e. The summed E-state index contributed by atoms with van der Waals surface area (Å²) < 4.78 is 38.5. The molecule has 2 aromatic rings. The SMILES string of the molecule is CS(=O)(=O)N(CC(=O)N/N=C\c1c(F)cccc1Cl)c1cccc(Cl)c1Cl. The fourth-order valence-electron chi connectivity index (χ4n) is 2.03. The van der Waals surface area contributed by atoms with Gasteiger partial charge in [0.1, 0.15) is 12.4 Å². The molecule has 144 valence electrons. The van der Waals surface area contributed by atoms with Crippen LogP contribution < -0.4 is 9.73 Å². The predicted octanol–water partition coefficient (Wildman–Crippen LogP) is 3.70. The summed E-state index contributed by atoms with van der Waals surface area (Å²) in [5.74, 6) is -1.40. The number of benzene rings is 2. The molecular formula is C16H13Cl3FN3O3S. The number of carbonyl (C=O) groups excluding carboxylic acids is 1. The van der Waals surface area contributed by atoms with Gasteiger partial charge in [0.2, 0.25) is 10.0 Å². The first-order valence-electron chi connectivity index (χ1n) is 7.29. The first-order chi connectivity index (χ1) is 12.6. The van der Waals surface area contributed by atoms with Crippen molar-refractivity contribution in [3.05, 3.63) is 62.8 Å². The highest BCUT2D eigenvalue weighted by molar-refractivity contribution is 7.92. The lowest BCUT2D eigenvalue weighted by Gasteiger charge is -2.22. The summed E-state index contributed by atoms with van der Waals surface area (Å²) in [6, 6.07) is 8.45. The Labute approximate surface area is 170 Å². The van der Waals surface area contributed by atoms with Crippen LogP contribution >= 0.6 is 34.8 Å². The Bertz CT molecular complexity index is 979. The van der Waals surface area contributed by atoms with E-state index in [0.717, 1.165) is 16.8 Å². The quantitative estimate of drug-likeness (QED) is 0.536. The zero-order chi connectivity index (χ0) is 20.2. The maximum absolute atomic E-state index is 13.6. The lowest BCUT2D eigenvalue weighted by atomic mass is 10.2. The lowest BCUT2D eigenvalue weighted by Crippen LogP contribution is -2.39. The van der Waals surface area contributed by atoms with Crippen LogP contribution in [0, 0.1) is 5.82 Å². The van der Waals surface area contributed by atoms with Gasteiger partial charge < -0.3 is 0 Å². The normalized spacial score (nSPS) is 11.6. The number of nitrogens with one attached hydrogen (secondary N) is 1. The van der Waals surface area contributed by atoms with Crippen molar-refractivity contribution in [3.8, 4) is 0 Å². The van der Waals surface area contributed by atoms with Crippen LogP contribution in [0.2, 0.25) is 15.1 Å². The van der Waals surface area contributed by atoms with E-state index in [9.17, 15) is 17.6 Å². The van der Waals surface area contributed by atoms with Gasteiger partial charge in [-0.25, -0.2) is 18.2 Å². The Morgan fingerprint density at radius 2 is 1.81 bits per heavy atom. The van der Waals surface area contributed by atoms with Crippen molar-refractivity contribution in [3.63, 3.8) is 0 Å². The largest absolute Gasteiger partial charge is 0.271 e. The molecule has 0 atom stereocenters. The minimum Gasteiger partial charge on any atom is -0.271 e. The van der Waals surface area contributed by atoms with E-state index in [2.05, 4.69) is 10.5 Å². The van der Waals surface area contributed by atoms with E-state index >= 15 is 0 Å². The van der Waals surface area contributed by atoms with E-state index in [1.807, 2.05) is 0 Å². The third-order valence-corrected chi connectivity index (χ3v) is 5.54. The molecule has 0 saturated carbocycles. The Morgan fingerprint density at radius 1 is 1.19 bits per heavy atom. The number of hydrazone groups is 1. The maximum Gasteiger partial charge on any atom is 0.260 e. The highest BCUT2D eigenvalue weighted by Gasteiger charge is 2.23. The van der Waals surface area contributed by atoms with E-state index in [-0.39, 0.29) is 26.3 Å². The minimum absolute atomic E-state index is 0.0148. The summed E-state index contributed by atoms with van der Waals surface area (Å²) in [5, 5.41) is 3.83. The van der Waals surface area contributed by atoms with Crippen molar-refractivity contribution in [1.29, 1.82) is 0 Å². The van der Waals surface area contributed by atoms with Crippen molar-refractivity contribution in [2.75, 3.05) is 17.1 Å². The minimum atomic E-state index is -3.85. The first kappa shape index (κ1) is 21.4. The molecule has 27 heavy (non-hydrogen) atoms. The van der Waals surface area contributed by atoms with Crippen molar-refractivity contribution >= 4 is 62.6 Å². The number of hydrogen-bond donors (Lipinski definition) is 1. The third-order valence-electron chi connectivity index (χ3n) is 3.27. The highest BCUT2D eigenvalue weighted by Crippen LogP contribution is 2.33.